The fourth-order valence-corrected chi connectivity index (χ4v) is 5.99. The summed E-state index contributed by atoms with van der Waals surface area (Å²) in [5.74, 6) is 0.888. The molecule has 0 aliphatic heterocycles. The minimum atomic E-state index is -0.565. The van der Waals surface area contributed by atoms with Crippen molar-refractivity contribution in [1.82, 2.24) is 4.98 Å². The molecule has 2 aliphatic rings. The molecule has 4 unspecified atom stereocenters. The number of hydrogen-bond donors (Lipinski definition) is 2. The summed E-state index contributed by atoms with van der Waals surface area (Å²) in [4.78, 5) is 5.24. The first kappa shape index (κ1) is 22.5. The Morgan fingerprint density at radius 2 is 1.65 bits per heavy atom. The first-order valence-corrected chi connectivity index (χ1v) is 12.1. The highest BCUT2D eigenvalue weighted by Crippen LogP contribution is 2.50. The van der Waals surface area contributed by atoms with Crippen LogP contribution in [0.5, 0.6) is 0 Å². The average molecular weight is 422 g/mol. The van der Waals surface area contributed by atoms with E-state index in [9.17, 15) is 10.2 Å². The van der Waals surface area contributed by atoms with Crippen molar-refractivity contribution in [3.63, 3.8) is 0 Å². The van der Waals surface area contributed by atoms with Crippen molar-refractivity contribution in [1.29, 1.82) is 0 Å². The maximum atomic E-state index is 11.4. The third-order valence-corrected chi connectivity index (χ3v) is 7.48. The molecule has 0 saturated carbocycles. The van der Waals surface area contributed by atoms with Crippen LogP contribution in [0.25, 0.3) is 0 Å². The summed E-state index contributed by atoms with van der Waals surface area (Å²) in [5, 5.41) is 22.7. The third-order valence-electron chi connectivity index (χ3n) is 7.48. The van der Waals surface area contributed by atoms with Gasteiger partial charge in [0.15, 0.2) is 0 Å². The predicted molar refractivity (Wildman–Crippen MR) is 126 cm³/mol. The van der Waals surface area contributed by atoms with Crippen LogP contribution < -0.4 is 0 Å². The van der Waals surface area contributed by atoms with Crippen LogP contribution in [0.1, 0.15) is 124 Å². The minimum absolute atomic E-state index is 0.0120. The van der Waals surface area contributed by atoms with Crippen molar-refractivity contribution in [3.05, 3.63) is 63.5 Å². The van der Waals surface area contributed by atoms with E-state index in [1.54, 1.807) is 0 Å². The summed E-state index contributed by atoms with van der Waals surface area (Å²) in [6.07, 6.45) is 3.29. The molecule has 0 radical (unpaired) electrons. The Hall–Kier alpha value is -1.71. The van der Waals surface area contributed by atoms with Gasteiger partial charge in [0.25, 0.3) is 0 Å². The van der Waals surface area contributed by atoms with Crippen molar-refractivity contribution in [2.24, 2.45) is 11.3 Å². The highest BCUT2D eigenvalue weighted by Gasteiger charge is 2.40. The Balaban J connectivity index is 2.04. The standard InChI is InChI=1S/C28H39NO2/c1-16(2)27-26-23(19-12-10-17(3)11-13-19)18(4)8-7-9-21(30)25(26)24-20(29-27)14-28(5,6)15-22(24)31/h10-13,16,18,21-23,30-31H,7-9,14-15H2,1-6H3. The van der Waals surface area contributed by atoms with Gasteiger partial charge in [-0.05, 0) is 66.5 Å². The van der Waals surface area contributed by atoms with Gasteiger partial charge in [0.2, 0.25) is 0 Å². The molecular formula is C28H39NO2. The SMILES string of the molecule is Cc1ccc(C2c3c(C(C)C)nc4c(c3C(O)CCCC2C)C(O)CC(C)(C)C4)cc1. The molecule has 0 bridgehead atoms. The van der Waals surface area contributed by atoms with Crippen molar-refractivity contribution in [2.45, 2.75) is 97.7 Å². The highest BCUT2D eigenvalue weighted by atomic mass is 16.3. The highest BCUT2D eigenvalue weighted by molar-refractivity contribution is 5.51. The zero-order valence-corrected chi connectivity index (χ0v) is 20.1. The zero-order chi connectivity index (χ0) is 22.5. The summed E-state index contributed by atoms with van der Waals surface area (Å²) in [6.45, 7) is 13.3. The molecule has 1 heterocycles. The lowest BCUT2D eigenvalue weighted by Crippen LogP contribution is -2.31. The zero-order valence-electron chi connectivity index (χ0n) is 20.1. The lowest BCUT2D eigenvalue weighted by atomic mass is 9.67. The van der Waals surface area contributed by atoms with Gasteiger partial charge in [-0.1, -0.05) is 70.9 Å². The van der Waals surface area contributed by atoms with Crippen molar-refractivity contribution >= 4 is 0 Å². The second-order valence-corrected chi connectivity index (χ2v) is 11.2. The molecule has 2 N–H and O–H groups in total. The van der Waals surface area contributed by atoms with Gasteiger partial charge in [-0.2, -0.15) is 0 Å². The number of aryl methyl sites for hydroxylation is 1. The molecule has 2 aliphatic carbocycles. The van der Waals surface area contributed by atoms with Gasteiger partial charge in [-0.3, -0.25) is 4.98 Å². The number of rotatable bonds is 2. The maximum Gasteiger partial charge on any atom is 0.0816 e. The Bertz CT molecular complexity index is 944. The van der Waals surface area contributed by atoms with E-state index in [0.717, 1.165) is 48.2 Å². The molecule has 0 amide bonds. The fourth-order valence-electron chi connectivity index (χ4n) is 5.99. The van der Waals surface area contributed by atoms with Gasteiger partial charge in [-0.15, -0.1) is 0 Å². The Morgan fingerprint density at radius 1 is 0.968 bits per heavy atom. The predicted octanol–water partition coefficient (Wildman–Crippen LogP) is 6.50. The van der Waals surface area contributed by atoms with Crippen molar-refractivity contribution in [3.8, 4) is 0 Å². The number of aliphatic hydroxyl groups is 2. The Kier molecular flexibility index (Phi) is 6.04. The monoisotopic (exact) mass is 421 g/mol. The van der Waals surface area contributed by atoms with E-state index in [2.05, 4.69) is 65.8 Å². The largest absolute Gasteiger partial charge is 0.388 e. The van der Waals surface area contributed by atoms with Gasteiger partial charge >= 0.3 is 0 Å². The normalized spacial score (nSPS) is 27.9. The summed E-state index contributed by atoms with van der Waals surface area (Å²) in [6, 6.07) is 8.87. The van der Waals surface area contributed by atoms with Crippen LogP contribution in [0.2, 0.25) is 0 Å². The molecule has 4 rings (SSSR count). The molecule has 31 heavy (non-hydrogen) atoms. The van der Waals surface area contributed by atoms with Crippen molar-refractivity contribution in [2.75, 3.05) is 0 Å². The molecule has 2 aromatic rings. The summed E-state index contributed by atoms with van der Waals surface area (Å²) in [7, 11) is 0. The van der Waals surface area contributed by atoms with E-state index < -0.39 is 12.2 Å². The summed E-state index contributed by atoms with van der Waals surface area (Å²) < 4.78 is 0. The number of aromatic nitrogens is 1. The quantitative estimate of drug-likeness (QED) is 0.581. The van der Waals surface area contributed by atoms with Crippen LogP contribution in [0.4, 0.5) is 0 Å². The van der Waals surface area contributed by atoms with E-state index in [-0.39, 0.29) is 17.3 Å². The van der Waals surface area contributed by atoms with Crippen LogP contribution in [-0.4, -0.2) is 15.2 Å². The number of benzene rings is 1. The number of aliphatic hydroxyl groups excluding tert-OH is 2. The van der Waals surface area contributed by atoms with E-state index >= 15 is 0 Å². The van der Waals surface area contributed by atoms with Crippen LogP contribution in [0.3, 0.4) is 0 Å². The lowest BCUT2D eigenvalue weighted by molar-refractivity contribution is 0.0889. The molecule has 3 heteroatoms. The van der Waals surface area contributed by atoms with Gasteiger partial charge in [0.1, 0.15) is 0 Å². The first-order valence-electron chi connectivity index (χ1n) is 12.1. The Morgan fingerprint density at radius 3 is 2.29 bits per heavy atom. The smallest absolute Gasteiger partial charge is 0.0816 e. The fraction of sp³-hybridized carbons (Fsp3) is 0.607. The topological polar surface area (TPSA) is 53.4 Å². The third kappa shape index (κ3) is 4.19. The Labute approximate surface area is 187 Å². The van der Waals surface area contributed by atoms with Crippen molar-refractivity contribution < 1.29 is 10.2 Å². The molecule has 168 valence electrons. The second-order valence-electron chi connectivity index (χ2n) is 11.2. The molecule has 1 aromatic heterocycles. The first-order chi connectivity index (χ1) is 14.6. The van der Waals surface area contributed by atoms with E-state index in [0.29, 0.717) is 12.3 Å². The summed E-state index contributed by atoms with van der Waals surface area (Å²) >= 11 is 0. The van der Waals surface area contributed by atoms with E-state index in [1.165, 1.54) is 16.7 Å². The molecular weight excluding hydrogens is 382 g/mol. The maximum absolute atomic E-state index is 11.4. The molecule has 1 aromatic carbocycles. The molecule has 3 nitrogen and oxygen atoms in total. The molecule has 0 saturated heterocycles. The van der Waals surface area contributed by atoms with Crippen LogP contribution in [-0.2, 0) is 6.42 Å². The molecule has 0 fully saturated rings. The number of hydrogen-bond acceptors (Lipinski definition) is 3. The second kappa shape index (κ2) is 8.33. The van der Waals surface area contributed by atoms with Gasteiger partial charge < -0.3 is 10.2 Å². The molecule has 0 spiro atoms. The average Bonchev–Trinajstić information content (AvgIpc) is 2.67. The lowest BCUT2D eigenvalue weighted by Gasteiger charge is -2.40. The number of fused-ring (bicyclic) bond motifs is 3. The van der Waals surface area contributed by atoms with Crippen LogP contribution in [0, 0.1) is 18.3 Å². The molecule has 4 atom stereocenters. The van der Waals surface area contributed by atoms with Gasteiger partial charge in [-0.25, -0.2) is 0 Å². The van der Waals surface area contributed by atoms with Crippen LogP contribution in [0.15, 0.2) is 24.3 Å². The number of pyridine rings is 1. The van der Waals surface area contributed by atoms with Gasteiger partial charge in [0.05, 0.1) is 12.2 Å². The van der Waals surface area contributed by atoms with Gasteiger partial charge in [0, 0.05) is 22.9 Å². The summed E-state index contributed by atoms with van der Waals surface area (Å²) in [5.41, 5.74) is 7.79. The van der Waals surface area contributed by atoms with E-state index in [4.69, 9.17) is 4.98 Å². The minimum Gasteiger partial charge on any atom is -0.388 e. The van der Waals surface area contributed by atoms with E-state index in [1.807, 2.05) is 0 Å². The number of nitrogens with zero attached hydrogens (tertiary/aromatic N) is 1. The van der Waals surface area contributed by atoms with Crippen LogP contribution >= 0.6 is 0 Å².